The molecule has 0 radical (unpaired) electrons. The average Bonchev–Trinajstić information content (AvgIpc) is 2.67. The SMILES string of the molecule is C[C@@H](NC(=O)N1CCN(C(=O)c2cccc(F)c2)CC1)c1cccc(O)c1. The van der Waals surface area contributed by atoms with E-state index in [9.17, 15) is 19.1 Å². The first kappa shape index (κ1) is 18.7. The Kier molecular flexibility index (Phi) is 5.59. The van der Waals surface area contributed by atoms with E-state index in [2.05, 4.69) is 5.32 Å². The lowest BCUT2D eigenvalue weighted by Gasteiger charge is -2.35. The van der Waals surface area contributed by atoms with Crippen molar-refractivity contribution in [2.24, 2.45) is 0 Å². The molecule has 0 saturated carbocycles. The molecule has 3 amide bonds. The number of aromatic hydroxyl groups is 1. The number of nitrogens with zero attached hydrogens (tertiary/aromatic N) is 2. The Bertz CT molecular complexity index is 835. The average molecular weight is 371 g/mol. The van der Waals surface area contributed by atoms with Crippen molar-refractivity contribution in [3.63, 3.8) is 0 Å². The predicted octanol–water partition coefficient (Wildman–Crippen LogP) is 2.76. The highest BCUT2D eigenvalue weighted by molar-refractivity contribution is 5.94. The third-order valence-corrected chi connectivity index (χ3v) is 4.64. The van der Waals surface area contributed by atoms with E-state index >= 15 is 0 Å². The summed E-state index contributed by atoms with van der Waals surface area (Å²) in [5.74, 6) is -0.527. The minimum absolute atomic E-state index is 0.151. The van der Waals surface area contributed by atoms with Gasteiger partial charge in [0.2, 0.25) is 0 Å². The molecule has 27 heavy (non-hydrogen) atoms. The first-order valence-electron chi connectivity index (χ1n) is 8.83. The number of rotatable bonds is 3. The Morgan fingerprint density at radius 1 is 1.04 bits per heavy atom. The molecule has 0 spiro atoms. The topological polar surface area (TPSA) is 72.9 Å². The second-order valence-electron chi connectivity index (χ2n) is 6.56. The van der Waals surface area contributed by atoms with Crippen LogP contribution in [-0.4, -0.2) is 53.0 Å². The number of urea groups is 1. The van der Waals surface area contributed by atoms with Crippen LogP contribution in [0.1, 0.15) is 28.9 Å². The van der Waals surface area contributed by atoms with Gasteiger partial charge in [0, 0.05) is 31.7 Å². The van der Waals surface area contributed by atoms with Crippen LogP contribution in [-0.2, 0) is 0 Å². The number of phenolic OH excluding ortho intramolecular Hbond substituents is 1. The Balaban J connectivity index is 1.54. The van der Waals surface area contributed by atoms with Crippen LogP contribution in [0.5, 0.6) is 5.75 Å². The summed E-state index contributed by atoms with van der Waals surface area (Å²) in [6.45, 7) is 3.43. The van der Waals surface area contributed by atoms with Crippen LogP contribution in [0.25, 0.3) is 0 Å². The highest BCUT2D eigenvalue weighted by atomic mass is 19.1. The summed E-state index contributed by atoms with van der Waals surface area (Å²) in [6, 6.07) is 11.9. The summed E-state index contributed by atoms with van der Waals surface area (Å²) in [7, 11) is 0. The molecule has 1 aliphatic rings. The number of phenols is 1. The fourth-order valence-corrected chi connectivity index (χ4v) is 3.07. The molecule has 3 rings (SSSR count). The largest absolute Gasteiger partial charge is 0.508 e. The van der Waals surface area contributed by atoms with Gasteiger partial charge in [-0.1, -0.05) is 18.2 Å². The molecular weight excluding hydrogens is 349 g/mol. The maximum atomic E-state index is 13.3. The number of carbonyl (C=O) groups is 2. The van der Waals surface area contributed by atoms with E-state index in [0.29, 0.717) is 31.7 Å². The Morgan fingerprint density at radius 3 is 2.37 bits per heavy atom. The van der Waals surface area contributed by atoms with Crippen molar-refractivity contribution in [3.8, 4) is 5.75 Å². The molecule has 1 heterocycles. The molecule has 2 N–H and O–H groups in total. The van der Waals surface area contributed by atoms with Gasteiger partial charge in [-0.25, -0.2) is 9.18 Å². The molecule has 0 unspecified atom stereocenters. The maximum Gasteiger partial charge on any atom is 0.317 e. The summed E-state index contributed by atoms with van der Waals surface area (Å²) in [5, 5.41) is 12.5. The van der Waals surface area contributed by atoms with Gasteiger partial charge in [-0.2, -0.15) is 0 Å². The van der Waals surface area contributed by atoms with E-state index in [1.54, 1.807) is 34.1 Å². The van der Waals surface area contributed by atoms with Crippen molar-refractivity contribution in [1.29, 1.82) is 0 Å². The first-order valence-corrected chi connectivity index (χ1v) is 8.83. The standard InChI is InChI=1S/C20H22FN3O3/c1-14(15-4-3-7-18(25)13-15)22-20(27)24-10-8-23(9-11-24)19(26)16-5-2-6-17(21)12-16/h2-7,12-14,25H,8-11H2,1H3,(H,22,27)/t14-/m1/s1. The highest BCUT2D eigenvalue weighted by Gasteiger charge is 2.25. The minimum Gasteiger partial charge on any atom is -0.508 e. The summed E-state index contributed by atoms with van der Waals surface area (Å²) < 4.78 is 13.3. The lowest BCUT2D eigenvalue weighted by molar-refractivity contribution is 0.0663. The predicted molar refractivity (Wildman–Crippen MR) is 98.9 cm³/mol. The number of hydrogen-bond acceptors (Lipinski definition) is 3. The van der Waals surface area contributed by atoms with E-state index < -0.39 is 5.82 Å². The van der Waals surface area contributed by atoms with Gasteiger partial charge in [-0.05, 0) is 42.8 Å². The normalized spacial score (nSPS) is 15.3. The molecule has 1 atom stereocenters. The smallest absolute Gasteiger partial charge is 0.317 e. The van der Waals surface area contributed by atoms with E-state index in [-0.39, 0.29) is 23.7 Å². The van der Waals surface area contributed by atoms with E-state index in [1.807, 2.05) is 13.0 Å². The third kappa shape index (κ3) is 4.55. The van der Waals surface area contributed by atoms with Crippen LogP contribution in [0.3, 0.4) is 0 Å². The van der Waals surface area contributed by atoms with E-state index in [1.165, 1.54) is 18.2 Å². The third-order valence-electron chi connectivity index (χ3n) is 4.64. The minimum atomic E-state index is -0.445. The molecule has 0 aliphatic carbocycles. The van der Waals surface area contributed by atoms with Crippen LogP contribution >= 0.6 is 0 Å². The van der Waals surface area contributed by atoms with Crippen molar-refractivity contribution >= 4 is 11.9 Å². The number of hydrogen-bond donors (Lipinski definition) is 2. The maximum absolute atomic E-state index is 13.3. The first-order chi connectivity index (χ1) is 12.9. The lowest BCUT2D eigenvalue weighted by Crippen LogP contribution is -2.53. The zero-order valence-corrected chi connectivity index (χ0v) is 15.1. The van der Waals surface area contributed by atoms with Gasteiger partial charge in [0.15, 0.2) is 0 Å². The van der Waals surface area contributed by atoms with Crippen molar-refractivity contribution in [2.75, 3.05) is 26.2 Å². The summed E-state index contributed by atoms with van der Waals surface area (Å²) in [4.78, 5) is 28.2. The monoisotopic (exact) mass is 371 g/mol. The zero-order chi connectivity index (χ0) is 19.4. The molecule has 0 aromatic heterocycles. The fourth-order valence-electron chi connectivity index (χ4n) is 3.07. The van der Waals surface area contributed by atoms with Crippen molar-refractivity contribution in [2.45, 2.75) is 13.0 Å². The van der Waals surface area contributed by atoms with Crippen LogP contribution in [0.15, 0.2) is 48.5 Å². The summed E-state index contributed by atoms with van der Waals surface area (Å²) in [5.41, 5.74) is 1.12. The van der Waals surface area contributed by atoms with Crippen LogP contribution in [0, 0.1) is 5.82 Å². The molecule has 2 aromatic carbocycles. The van der Waals surface area contributed by atoms with Gasteiger partial charge in [-0.3, -0.25) is 4.79 Å². The number of benzene rings is 2. The molecule has 7 heteroatoms. The number of halogens is 1. The van der Waals surface area contributed by atoms with Gasteiger partial charge < -0.3 is 20.2 Å². The van der Waals surface area contributed by atoms with Crippen LogP contribution in [0.4, 0.5) is 9.18 Å². The molecule has 1 aliphatic heterocycles. The molecular formula is C20H22FN3O3. The van der Waals surface area contributed by atoms with Gasteiger partial charge in [0.1, 0.15) is 11.6 Å². The Hall–Kier alpha value is -3.09. The highest BCUT2D eigenvalue weighted by Crippen LogP contribution is 2.18. The summed E-state index contributed by atoms with van der Waals surface area (Å²) in [6.07, 6.45) is 0. The van der Waals surface area contributed by atoms with Crippen LogP contribution in [0.2, 0.25) is 0 Å². The zero-order valence-electron chi connectivity index (χ0n) is 15.1. The van der Waals surface area contributed by atoms with Gasteiger partial charge in [0.05, 0.1) is 6.04 Å². The second-order valence-corrected chi connectivity index (χ2v) is 6.56. The molecule has 0 bridgehead atoms. The molecule has 142 valence electrons. The Labute approximate surface area is 157 Å². The number of piperazine rings is 1. The second kappa shape index (κ2) is 8.07. The fraction of sp³-hybridized carbons (Fsp3) is 0.300. The van der Waals surface area contributed by atoms with Gasteiger partial charge >= 0.3 is 6.03 Å². The molecule has 6 nitrogen and oxygen atoms in total. The van der Waals surface area contributed by atoms with Crippen molar-refractivity contribution in [3.05, 3.63) is 65.5 Å². The molecule has 1 saturated heterocycles. The van der Waals surface area contributed by atoms with Crippen molar-refractivity contribution in [1.82, 2.24) is 15.1 Å². The molecule has 1 fully saturated rings. The molecule has 2 aromatic rings. The van der Waals surface area contributed by atoms with E-state index in [0.717, 1.165) is 5.56 Å². The van der Waals surface area contributed by atoms with Gasteiger partial charge in [-0.15, -0.1) is 0 Å². The summed E-state index contributed by atoms with van der Waals surface area (Å²) >= 11 is 0. The van der Waals surface area contributed by atoms with Crippen molar-refractivity contribution < 1.29 is 19.1 Å². The van der Waals surface area contributed by atoms with Crippen LogP contribution < -0.4 is 5.32 Å². The quantitative estimate of drug-likeness (QED) is 0.871. The number of amides is 3. The van der Waals surface area contributed by atoms with Gasteiger partial charge in [0.25, 0.3) is 5.91 Å². The number of carbonyl (C=O) groups excluding carboxylic acids is 2. The van der Waals surface area contributed by atoms with E-state index in [4.69, 9.17) is 0 Å². The number of nitrogens with one attached hydrogen (secondary N) is 1. The Morgan fingerprint density at radius 2 is 1.70 bits per heavy atom. The lowest BCUT2D eigenvalue weighted by atomic mass is 10.1.